The molecular weight excluding hydrogens is 422 g/mol. The van der Waals surface area contributed by atoms with Crippen LogP contribution in [-0.2, 0) is 11.3 Å². The molecule has 2 aromatic rings. The van der Waals surface area contributed by atoms with Gasteiger partial charge in [0, 0.05) is 13.1 Å². The summed E-state index contributed by atoms with van der Waals surface area (Å²) in [5.74, 6) is 1.49. The number of aromatic nitrogens is 3. The standard InChI is InChI=1S/C24H33N5O2S/c1-16-10-6-7-11-18(16)22-26-21(29-12-8-5-9-13-29)20(32-22)19-14-17(27-28-19)15-25-23(30)31-24(2,3)4/h6-7,11,14,16H,5,8-10,12-13,15H2,1-4H3,(H,25,30)(H,27,28). The molecule has 1 atom stereocenters. The maximum absolute atomic E-state index is 12.0. The number of nitrogens with zero attached hydrogens (tertiary/aromatic N) is 3. The topological polar surface area (TPSA) is 83.1 Å². The van der Waals surface area contributed by atoms with E-state index in [2.05, 4.69) is 45.6 Å². The molecule has 1 aliphatic carbocycles. The number of rotatable bonds is 5. The molecule has 7 nitrogen and oxygen atoms in total. The van der Waals surface area contributed by atoms with Crippen molar-refractivity contribution < 1.29 is 9.53 Å². The van der Waals surface area contributed by atoms with Gasteiger partial charge in [-0.25, -0.2) is 9.78 Å². The van der Waals surface area contributed by atoms with Crippen LogP contribution in [0.3, 0.4) is 0 Å². The van der Waals surface area contributed by atoms with Crippen LogP contribution in [0.1, 0.15) is 64.1 Å². The molecule has 8 heteroatoms. The van der Waals surface area contributed by atoms with Crippen molar-refractivity contribution in [2.24, 2.45) is 5.92 Å². The third kappa shape index (κ3) is 5.41. The Kier molecular flexibility index (Phi) is 6.69. The fourth-order valence-corrected chi connectivity index (χ4v) is 5.19. The van der Waals surface area contributed by atoms with Crippen molar-refractivity contribution in [1.29, 1.82) is 0 Å². The van der Waals surface area contributed by atoms with E-state index in [1.807, 2.05) is 26.8 Å². The Morgan fingerprint density at radius 2 is 2.09 bits per heavy atom. The third-order valence-corrected chi connectivity index (χ3v) is 6.75. The van der Waals surface area contributed by atoms with E-state index in [1.54, 1.807) is 11.3 Å². The Bertz CT molecular complexity index is 1010. The molecule has 0 spiro atoms. The van der Waals surface area contributed by atoms with Crippen molar-refractivity contribution in [3.05, 3.63) is 35.0 Å². The van der Waals surface area contributed by atoms with Crippen molar-refractivity contribution in [3.8, 4) is 10.6 Å². The van der Waals surface area contributed by atoms with E-state index in [9.17, 15) is 4.79 Å². The molecule has 4 rings (SSSR count). The number of carbonyl (C=O) groups excluding carboxylic acids is 1. The first-order valence-electron chi connectivity index (χ1n) is 11.4. The van der Waals surface area contributed by atoms with E-state index in [0.717, 1.165) is 46.6 Å². The number of H-pyrrole nitrogens is 1. The van der Waals surface area contributed by atoms with E-state index in [-0.39, 0.29) is 0 Å². The molecule has 3 heterocycles. The Morgan fingerprint density at radius 3 is 2.81 bits per heavy atom. The summed E-state index contributed by atoms with van der Waals surface area (Å²) < 4.78 is 5.32. The van der Waals surface area contributed by atoms with Gasteiger partial charge < -0.3 is 15.0 Å². The van der Waals surface area contributed by atoms with Gasteiger partial charge >= 0.3 is 6.09 Å². The smallest absolute Gasteiger partial charge is 0.407 e. The minimum Gasteiger partial charge on any atom is -0.444 e. The van der Waals surface area contributed by atoms with Gasteiger partial charge in [0.25, 0.3) is 0 Å². The highest BCUT2D eigenvalue weighted by molar-refractivity contribution is 7.16. The Hall–Kier alpha value is -2.61. The Morgan fingerprint density at radius 1 is 1.31 bits per heavy atom. The second-order valence-corrected chi connectivity index (χ2v) is 10.5. The Balaban J connectivity index is 1.57. The lowest BCUT2D eigenvalue weighted by Gasteiger charge is -2.27. The number of carbonyl (C=O) groups is 1. The average molecular weight is 456 g/mol. The molecule has 2 N–H and O–H groups in total. The molecule has 32 heavy (non-hydrogen) atoms. The highest BCUT2D eigenvalue weighted by atomic mass is 32.1. The maximum atomic E-state index is 12.0. The summed E-state index contributed by atoms with van der Waals surface area (Å²) in [4.78, 5) is 20.6. The molecule has 2 aliphatic rings. The number of amides is 1. The second kappa shape index (κ2) is 9.48. The molecule has 0 bridgehead atoms. The third-order valence-electron chi connectivity index (χ3n) is 5.63. The van der Waals surface area contributed by atoms with Crippen LogP contribution >= 0.6 is 11.3 Å². The fraction of sp³-hybridized carbons (Fsp3) is 0.542. The monoisotopic (exact) mass is 455 g/mol. The highest BCUT2D eigenvalue weighted by Crippen LogP contribution is 2.41. The predicted octanol–water partition coefficient (Wildman–Crippen LogP) is 5.53. The lowest BCUT2D eigenvalue weighted by Crippen LogP contribution is -2.32. The van der Waals surface area contributed by atoms with Gasteiger partial charge in [-0.05, 0) is 64.0 Å². The van der Waals surface area contributed by atoms with Crippen LogP contribution in [0, 0.1) is 5.92 Å². The van der Waals surface area contributed by atoms with Crippen LogP contribution in [0.4, 0.5) is 10.6 Å². The first kappa shape index (κ1) is 22.6. The second-order valence-electron chi connectivity index (χ2n) is 9.54. The molecule has 0 aromatic carbocycles. The summed E-state index contributed by atoms with van der Waals surface area (Å²) in [6, 6.07) is 2.00. The largest absolute Gasteiger partial charge is 0.444 e. The normalized spacial score (nSPS) is 19.1. The quantitative estimate of drug-likeness (QED) is 0.620. The number of allylic oxidation sites excluding steroid dienone is 4. The number of thiazole rings is 1. The van der Waals surface area contributed by atoms with Crippen LogP contribution < -0.4 is 10.2 Å². The molecule has 1 saturated heterocycles. The summed E-state index contributed by atoms with van der Waals surface area (Å²) in [7, 11) is 0. The van der Waals surface area contributed by atoms with Crippen molar-refractivity contribution >= 4 is 28.8 Å². The van der Waals surface area contributed by atoms with E-state index in [1.165, 1.54) is 24.8 Å². The lowest BCUT2D eigenvalue weighted by atomic mass is 9.94. The SMILES string of the molecule is CC1CC=CC=C1c1nc(N2CCCCC2)c(-c2cc(CNC(=O)OC(C)(C)C)[nH]n2)s1. The van der Waals surface area contributed by atoms with Gasteiger partial charge in [0.05, 0.1) is 17.1 Å². The van der Waals surface area contributed by atoms with Crippen LogP contribution in [0.15, 0.2) is 24.3 Å². The zero-order valence-electron chi connectivity index (χ0n) is 19.4. The lowest BCUT2D eigenvalue weighted by molar-refractivity contribution is 0.0523. The summed E-state index contributed by atoms with van der Waals surface area (Å²) in [5, 5.41) is 11.5. The van der Waals surface area contributed by atoms with E-state index in [4.69, 9.17) is 9.72 Å². The molecule has 2 aromatic heterocycles. The van der Waals surface area contributed by atoms with Crippen LogP contribution in [0.2, 0.25) is 0 Å². The molecule has 1 amide bonds. The van der Waals surface area contributed by atoms with Crippen molar-refractivity contribution in [2.75, 3.05) is 18.0 Å². The Labute approximate surface area is 194 Å². The highest BCUT2D eigenvalue weighted by Gasteiger charge is 2.25. The van der Waals surface area contributed by atoms with Gasteiger partial charge in [0.15, 0.2) is 0 Å². The minimum absolute atomic E-state index is 0.333. The van der Waals surface area contributed by atoms with Gasteiger partial charge in [-0.1, -0.05) is 25.2 Å². The van der Waals surface area contributed by atoms with Crippen LogP contribution in [-0.4, -0.2) is 40.0 Å². The number of alkyl carbamates (subject to hydrolysis) is 1. The van der Waals surface area contributed by atoms with E-state index >= 15 is 0 Å². The summed E-state index contributed by atoms with van der Waals surface area (Å²) in [6.45, 7) is 10.2. The summed E-state index contributed by atoms with van der Waals surface area (Å²) in [6.07, 6.45) is 10.8. The van der Waals surface area contributed by atoms with Crippen molar-refractivity contribution in [3.63, 3.8) is 0 Å². The van der Waals surface area contributed by atoms with Crippen molar-refractivity contribution in [2.45, 2.75) is 65.5 Å². The zero-order valence-corrected chi connectivity index (χ0v) is 20.2. The first-order chi connectivity index (χ1) is 15.3. The van der Waals surface area contributed by atoms with Crippen molar-refractivity contribution in [1.82, 2.24) is 20.5 Å². The number of ether oxygens (including phenoxy) is 1. The van der Waals surface area contributed by atoms with Crippen LogP contribution in [0.5, 0.6) is 0 Å². The summed E-state index contributed by atoms with van der Waals surface area (Å²) in [5.41, 5.74) is 2.48. The molecule has 0 saturated carbocycles. The number of nitrogens with one attached hydrogen (secondary N) is 2. The average Bonchev–Trinajstić information content (AvgIpc) is 3.39. The molecule has 0 radical (unpaired) electrons. The van der Waals surface area contributed by atoms with Gasteiger partial charge in [-0.3, -0.25) is 5.10 Å². The fourth-order valence-electron chi connectivity index (χ4n) is 4.00. The van der Waals surface area contributed by atoms with E-state index < -0.39 is 11.7 Å². The van der Waals surface area contributed by atoms with Crippen LogP contribution in [0.25, 0.3) is 16.1 Å². The van der Waals surface area contributed by atoms with Gasteiger partial charge in [-0.15, -0.1) is 11.3 Å². The number of aromatic amines is 1. The van der Waals surface area contributed by atoms with Gasteiger partial charge in [0.2, 0.25) is 0 Å². The summed E-state index contributed by atoms with van der Waals surface area (Å²) >= 11 is 1.71. The zero-order chi connectivity index (χ0) is 22.7. The van der Waals surface area contributed by atoms with Gasteiger partial charge in [0.1, 0.15) is 22.1 Å². The number of piperidine rings is 1. The molecule has 1 aliphatic heterocycles. The maximum Gasteiger partial charge on any atom is 0.407 e. The van der Waals surface area contributed by atoms with Gasteiger partial charge in [-0.2, -0.15) is 5.10 Å². The number of hydrogen-bond donors (Lipinski definition) is 2. The number of hydrogen-bond acceptors (Lipinski definition) is 6. The minimum atomic E-state index is -0.522. The molecule has 1 fully saturated rings. The van der Waals surface area contributed by atoms with E-state index in [0.29, 0.717) is 12.5 Å². The number of anilines is 1. The molecule has 172 valence electrons. The first-order valence-corrected chi connectivity index (χ1v) is 12.3. The predicted molar refractivity (Wildman–Crippen MR) is 130 cm³/mol. The molecular formula is C24H33N5O2S. The molecule has 1 unspecified atom stereocenters.